The van der Waals surface area contributed by atoms with E-state index in [1.54, 1.807) is 41.7 Å². The second-order valence-corrected chi connectivity index (χ2v) is 9.21. The minimum atomic E-state index is -3.57. The summed E-state index contributed by atoms with van der Waals surface area (Å²) < 4.78 is 28.8. The molecule has 1 saturated carbocycles. The van der Waals surface area contributed by atoms with E-state index in [9.17, 15) is 13.2 Å². The summed E-state index contributed by atoms with van der Waals surface area (Å²) in [5, 5.41) is 2.58. The molecular formula is C19H21BrN2O3S. The van der Waals surface area contributed by atoms with E-state index in [1.807, 2.05) is 19.1 Å². The van der Waals surface area contributed by atoms with E-state index in [2.05, 4.69) is 21.2 Å². The average molecular weight is 437 g/mol. The maximum atomic E-state index is 13.1. The lowest BCUT2D eigenvalue weighted by atomic mass is 10.1. The van der Waals surface area contributed by atoms with Gasteiger partial charge in [0.1, 0.15) is 0 Å². The average Bonchev–Trinajstić information content (AvgIpc) is 3.46. The van der Waals surface area contributed by atoms with E-state index in [0.29, 0.717) is 17.0 Å². The van der Waals surface area contributed by atoms with Crippen molar-refractivity contribution in [2.75, 3.05) is 7.05 Å². The minimum absolute atomic E-state index is 0.0440. The van der Waals surface area contributed by atoms with Crippen molar-refractivity contribution in [1.29, 1.82) is 0 Å². The van der Waals surface area contributed by atoms with E-state index in [1.165, 1.54) is 0 Å². The van der Waals surface area contributed by atoms with Gasteiger partial charge in [-0.1, -0.05) is 28.1 Å². The van der Waals surface area contributed by atoms with Crippen LogP contribution in [0.25, 0.3) is 0 Å². The molecule has 26 heavy (non-hydrogen) atoms. The third-order valence-corrected chi connectivity index (χ3v) is 7.26. The van der Waals surface area contributed by atoms with Crippen molar-refractivity contribution in [2.24, 2.45) is 0 Å². The molecule has 0 spiro atoms. The van der Waals surface area contributed by atoms with Gasteiger partial charge in [0.05, 0.1) is 4.90 Å². The molecule has 3 rings (SSSR count). The molecule has 1 fully saturated rings. The highest BCUT2D eigenvalue weighted by Crippen LogP contribution is 2.34. The Morgan fingerprint density at radius 1 is 1.19 bits per heavy atom. The highest BCUT2D eigenvalue weighted by atomic mass is 79.9. The summed E-state index contributed by atoms with van der Waals surface area (Å²) in [7, 11) is -1.99. The first kappa shape index (κ1) is 19.1. The quantitative estimate of drug-likeness (QED) is 0.753. The first-order valence-electron chi connectivity index (χ1n) is 8.42. The largest absolute Gasteiger partial charge is 0.355 e. The van der Waals surface area contributed by atoms with Crippen molar-refractivity contribution in [3.63, 3.8) is 0 Å². The number of nitrogens with zero attached hydrogens (tertiary/aromatic N) is 1. The number of hydrogen-bond acceptors (Lipinski definition) is 3. The number of aryl methyl sites for hydroxylation is 1. The Kier molecular flexibility index (Phi) is 5.50. The summed E-state index contributed by atoms with van der Waals surface area (Å²) >= 11 is 3.41. The highest BCUT2D eigenvalue weighted by Gasteiger charge is 2.38. The van der Waals surface area contributed by atoms with Gasteiger partial charge in [-0.05, 0) is 61.2 Å². The number of rotatable bonds is 6. The molecule has 7 heteroatoms. The van der Waals surface area contributed by atoms with Crippen LogP contribution in [-0.2, 0) is 16.6 Å². The Balaban J connectivity index is 1.87. The molecule has 2 aromatic carbocycles. The fourth-order valence-corrected chi connectivity index (χ4v) is 4.78. The Bertz CT molecular complexity index is 922. The molecule has 0 aromatic heterocycles. The van der Waals surface area contributed by atoms with Crippen LogP contribution in [0.15, 0.2) is 51.8 Å². The summed E-state index contributed by atoms with van der Waals surface area (Å²) in [6, 6.07) is 12.2. The molecular weight excluding hydrogens is 416 g/mol. The number of carbonyl (C=O) groups is 1. The van der Waals surface area contributed by atoms with Gasteiger partial charge in [0.15, 0.2) is 0 Å². The number of amides is 1. The predicted octanol–water partition coefficient (Wildman–Crippen LogP) is 3.47. The van der Waals surface area contributed by atoms with Crippen LogP contribution < -0.4 is 5.32 Å². The molecule has 0 saturated heterocycles. The van der Waals surface area contributed by atoms with E-state index >= 15 is 0 Å². The second-order valence-electron chi connectivity index (χ2n) is 6.47. The molecule has 0 radical (unpaired) electrons. The first-order valence-corrected chi connectivity index (χ1v) is 10.7. The third kappa shape index (κ3) is 4.00. The molecule has 5 nitrogen and oxygen atoms in total. The molecule has 138 valence electrons. The van der Waals surface area contributed by atoms with Gasteiger partial charge in [-0.25, -0.2) is 8.42 Å². The van der Waals surface area contributed by atoms with Crippen molar-refractivity contribution < 1.29 is 13.2 Å². The van der Waals surface area contributed by atoms with Gasteiger partial charge in [-0.15, -0.1) is 0 Å². The lowest BCUT2D eigenvalue weighted by Crippen LogP contribution is -2.32. The molecule has 0 heterocycles. The van der Waals surface area contributed by atoms with Crippen molar-refractivity contribution >= 4 is 31.9 Å². The van der Waals surface area contributed by atoms with Crippen LogP contribution in [-0.4, -0.2) is 31.7 Å². The van der Waals surface area contributed by atoms with Crippen molar-refractivity contribution in [1.82, 2.24) is 9.62 Å². The van der Waals surface area contributed by atoms with Crippen molar-refractivity contribution in [3.8, 4) is 0 Å². The first-order chi connectivity index (χ1) is 12.3. The second kappa shape index (κ2) is 7.50. The molecule has 0 atom stereocenters. The van der Waals surface area contributed by atoms with Gasteiger partial charge in [-0.3, -0.25) is 4.79 Å². The monoisotopic (exact) mass is 436 g/mol. The van der Waals surface area contributed by atoms with Gasteiger partial charge >= 0.3 is 0 Å². The molecule has 0 aliphatic heterocycles. The normalized spacial score (nSPS) is 14.5. The number of carbonyl (C=O) groups excluding carboxylic acids is 1. The third-order valence-electron chi connectivity index (χ3n) is 4.47. The van der Waals surface area contributed by atoms with Crippen LogP contribution in [0.5, 0.6) is 0 Å². The van der Waals surface area contributed by atoms with E-state index in [4.69, 9.17) is 0 Å². The SMILES string of the molecule is CNC(=O)c1ccc(CN(C2CC2)S(=O)(=O)c2ccc(Br)c(C)c2)cc1. The molecule has 1 aliphatic rings. The fraction of sp³-hybridized carbons (Fsp3) is 0.316. The summed E-state index contributed by atoms with van der Waals surface area (Å²) in [6.45, 7) is 2.18. The molecule has 0 unspecified atom stereocenters. The maximum Gasteiger partial charge on any atom is 0.251 e. The van der Waals surface area contributed by atoms with Gasteiger partial charge in [0, 0.05) is 29.7 Å². The Morgan fingerprint density at radius 2 is 1.85 bits per heavy atom. The smallest absolute Gasteiger partial charge is 0.251 e. The Morgan fingerprint density at radius 3 is 2.38 bits per heavy atom. The van der Waals surface area contributed by atoms with Gasteiger partial charge in [0.25, 0.3) is 5.91 Å². The Labute approximate surface area is 162 Å². The van der Waals surface area contributed by atoms with Gasteiger partial charge < -0.3 is 5.32 Å². The van der Waals surface area contributed by atoms with Crippen molar-refractivity contribution in [3.05, 3.63) is 63.6 Å². The number of sulfonamides is 1. The summed E-state index contributed by atoms with van der Waals surface area (Å²) in [6.07, 6.45) is 1.76. The number of halogens is 1. The topological polar surface area (TPSA) is 66.5 Å². The summed E-state index contributed by atoms with van der Waals surface area (Å²) in [5.74, 6) is -0.159. The maximum absolute atomic E-state index is 13.1. The summed E-state index contributed by atoms with van der Waals surface area (Å²) in [5.41, 5.74) is 2.30. The van der Waals surface area contributed by atoms with Crippen LogP contribution in [0, 0.1) is 6.92 Å². The number of benzene rings is 2. The zero-order valence-corrected chi connectivity index (χ0v) is 17.1. The van der Waals surface area contributed by atoms with Crippen LogP contribution in [0.2, 0.25) is 0 Å². The molecule has 1 aliphatic carbocycles. The van der Waals surface area contributed by atoms with Gasteiger partial charge in [-0.2, -0.15) is 4.31 Å². The number of nitrogens with one attached hydrogen (secondary N) is 1. The molecule has 1 amide bonds. The standard InChI is InChI=1S/C19H21BrN2O3S/c1-13-11-17(9-10-18(13)20)26(24,25)22(16-7-8-16)12-14-3-5-15(6-4-14)19(23)21-2/h3-6,9-11,16H,7-8,12H2,1-2H3,(H,21,23). The van der Waals surface area contributed by atoms with Crippen LogP contribution in [0.3, 0.4) is 0 Å². The summed E-state index contributed by atoms with van der Waals surface area (Å²) in [4.78, 5) is 12.0. The minimum Gasteiger partial charge on any atom is -0.355 e. The zero-order valence-electron chi connectivity index (χ0n) is 14.7. The Hall–Kier alpha value is -1.70. The predicted molar refractivity (Wildman–Crippen MR) is 104 cm³/mol. The molecule has 2 aromatic rings. The van der Waals surface area contributed by atoms with E-state index < -0.39 is 10.0 Å². The van der Waals surface area contributed by atoms with Crippen LogP contribution in [0.4, 0.5) is 0 Å². The molecule has 0 bridgehead atoms. The lowest BCUT2D eigenvalue weighted by Gasteiger charge is -2.22. The molecule has 1 N–H and O–H groups in total. The highest BCUT2D eigenvalue weighted by molar-refractivity contribution is 9.10. The van der Waals surface area contributed by atoms with Gasteiger partial charge in [0.2, 0.25) is 10.0 Å². The fourth-order valence-electron chi connectivity index (χ4n) is 2.77. The van der Waals surface area contributed by atoms with E-state index in [0.717, 1.165) is 28.4 Å². The van der Waals surface area contributed by atoms with Crippen LogP contribution >= 0.6 is 15.9 Å². The number of hydrogen-bond donors (Lipinski definition) is 1. The van der Waals surface area contributed by atoms with Crippen LogP contribution in [0.1, 0.15) is 34.3 Å². The van der Waals surface area contributed by atoms with E-state index in [-0.39, 0.29) is 11.9 Å². The zero-order chi connectivity index (χ0) is 18.9. The van der Waals surface area contributed by atoms with Crippen molar-refractivity contribution in [2.45, 2.75) is 37.2 Å². The lowest BCUT2D eigenvalue weighted by molar-refractivity contribution is 0.0963.